The number of aryl methyl sites for hydroxylation is 2. The van der Waals surface area contributed by atoms with Crippen molar-refractivity contribution in [2.75, 3.05) is 11.9 Å². The second kappa shape index (κ2) is 9.43. The summed E-state index contributed by atoms with van der Waals surface area (Å²) in [6, 6.07) is 17.6. The van der Waals surface area contributed by atoms with Gasteiger partial charge in [0.25, 0.3) is 5.91 Å². The zero-order chi connectivity index (χ0) is 18.9. The summed E-state index contributed by atoms with van der Waals surface area (Å²) in [5.41, 5.74) is 3.21. The Labute approximate surface area is 159 Å². The molecule has 1 aromatic carbocycles. The molecule has 0 fully saturated rings. The molecule has 0 aliphatic heterocycles. The fourth-order valence-corrected chi connectivity index (χ4v) is 2.67. The highest BCUT2D eigenvalue weighted by Gasteiger charge is 2.10. The van der Waals surface area contributed by atoms with Gasteiger partial charge in [-0.05, 0) is 43.5 Å². The van der Waals surface area contributed by atoms with E-state index in [0.29, 0.717) is 18.2 Å². The third-order valence-corrected chi connectivity index (χ3v) is 4.01. The van der Waals surface area contributed by atoms with E-state index in [9.17, 15) is 4.79 Å². The van der Waals surface area contributed by atoms with Crippen LogP contribution < -0.4 is 10.6 Å². The van der Waals surface area contributed by atoms with Crippen LogP contribution in [0.25, 0.3) is 0 Å². The highest BCUT2D eigenvalue weighted by atomic mass is 16.1. The van der Waals surface area contributed by atoms with Crippen LogP contribution in [-0.4, -0.2) is 27.4 Å². The van der Waals surface area contributed by atoms with Crippen molar-refractivity contribution >= 4 is 11.9 Å². The van der Waals surface area contributed by atoms with Crippen molar-refractivity contribution in [2.45, 2.75) is 26.3 Å². The van der Waals surface area contributed by atoms with Gasteiger partial charge in [0.2, 0.25) is 5.95 Å². The zero-order valence-electron chi connectivity index (χ0n) is 15.4. The van der Waals surface area contributed by atoms with E-state index in [1.165, 1.54) is 5.56 Å². The SMILES string of the molecule is Cc1cc(C(=O)NCc2ccccn2)nc(NCCCc2ccccc2)n1. The van der Waals surface area contributed by atoms with Crippen LogP contribution in [0.15, 0.2) is 60.8 Å². The molecule has 1 amide bonds. The number of carbonyl (C=O) groups excluding carboxylic acids is 1. The summed E-state index contributed by atoms with van der Waals surface area (Å²) in [5, 5.41) is 6.05. The molecule has 0 bridgehead atoms. The third kappa shape index (κ3) is 5.88. The lowest BCUT2D eigenvalue weighted by Gasteiger charge is -2.09. The Morgan fingerprint density at radius 2 is 1.85 bits per heavy atom. The Bertz CT molecular complexity index is 868. The smallest absolute Gasteiger partial charge is 0.270 e. The summed E-state index contributed by atoms with van der Waals surface area (Å²) >= 11 is 0. The third-order valence-electron chi connectivity index (χ3n) is 4.01. The molecular weight excluding hydrogens is 338 g/mol. The number of benzene rings is 1. The number of aromatic nitrogens is 3. The Morgan fingerprint density at radius 1 is 1.04 bits per heavy atom. The summed E-state index contributed by atoms with van der Waals surface area (Å²) in [6.07, 6.45) is 3.65. The molecule has 0 unspecified atom stereocenters. The summed E-state index contributed by atoms with van der Waals surface area (Å²) in [4.78, 5) is 25.3. The maximum Gasteiger partial charge on any atom is 0.270 e. The number of hydrogen-bond acceptors (Lipinski definition) is 5. The number of nitrogens with one attached hydrogen (secondary N) is 2. The van der Waals surface area contributed by atoms with E-state index in [1.54, 1.807) is 12.3 Å². The Morgan fingerprint density at radius 3 is 2.63 bits per heavy atom. The molecule has 2 N–H and O–H groups in total. The maximum absolute atomic E-state index is 12.4. The van der Waals surface area contributed by atoms with Crippen molar-refractivity contribution in [1.29, 1.82) is 0 Å². The number of rotatable bonds is 8. The van der Waals surface area contributed by atoms with Crippen LogP contribution in [-0.2, 0) is 13.0 Å². The lowest BCUT2D eigenvalue weighted by Crippen LogP contribution is -2.25. The average molecular weight is 361 g/mol. The average Bonchev–Trinajstić information content (AvgIpc) is 2.70. The molecule has 3 rings (SSSR count). The molecule has 0 saturated heterocycles. The number of pyridine rings is 1. The van der Waals surface area contributed by atoms with Gasteiger partial charge in [-0.25, -0.2) is 9.97 Å². The molecule has 0 aliphatic carbocycles. The maximum atomic E-state index is 12.4. The molecule has 2 heterocycles. The Hall–Kier alpha value is -3.28. The summed E-state index contributed by atoms with van der Waals surface area (Å²) < 4.78 is 0. The van der Waals surface area contributed by atoms with Crippen molar-refractivity contribution in [3.8, 4) is 0 Å². The lowest BCUT2D eigenvalue weighted by atomic mass is 10.1. The first kappa shape index (κ1) is 18.5. The summed E-state index contributed by atoms with van der Waals surface area (Å²) in [5.74, 6) is 0.240. The molecule has 6 nitrogen and oxygen atoms in total. The minimum atomic E-state index is -0.238. The Balaban J connectivity index is 1.52. The van der Waals surface area contributed by atoms with Crippen molar-refractivity contribution in [3.05, 3.63) is 83.4 Å². The van der Waals surface area contributed by atoms with Crippen LogP contribution in [0.4, 0.5) is 5.95 Å². The quantitative estimate of drug-likeness (QED) is 0.603. The van der Waals surface area contributed by atoms with Gasteiger partial charge in [-0.3, -0.25) is 9.78 Å². The van der Waals surface area contributed by atoms with Crippen LogP contribution in [0.1, 0.15) is 33.9 Å². The van der Waals surface area contributed by atoms with E-state index in [0.717, 1.165) is 30.8 Å². The van der Waals surface area contributed by atoms with Gasteiger partial charge in [-0.15, -0.1) is 0 Å². The first-order valence-corrected chi connectivity index (χ1v) is 9.02. The predicted molar refractivity (Wildman–Crippen MR) is 105 cm³/mol. The molecule has 0 atom stereocenters. The molecule has 0 spiro atoms. The van der Waals surface area contributed by atoms with Crippen molar-refractivity contribution < 1.29 is 4.79 Å². The molecule has 2 aromatic heterocycles. The molecule has 0 saturated carbocycles. The van der Waals surface area contributed by atoms with Gasteiger partial charge in [-0.1, -0.05) is 36.4 Å². The van der Waals surface area contributed by atoms with Gasteiger partial charge < -0.3 is 10.6 Å². The highest BCUT2D eigenvalue weighted by Crippen LogP contribution is 2.07. The number of anilines is 1. The lowest BCUT2D eigenvalue weighted by molar-refractivity contribution is 0.0945. The van der Waals surface area contributed by atoms with Crippen LogP contribution in [0, 0.1) is 6.92 Å². The van der Waals surface area contributed by atoms with Gasteiger partial charge >= 0.3 is 0 Å². The second-order valence-electron chi connectivity index (χ2n) is 6.24. The summed E-state index contributed by atoms with van der Waals surface area (Å²) in [7, 11) is 0. The second-order valence-corrected chi connectivity index (χ2v) is 6.24. The number of amides is 1. The predicted octanol–water partition coefficient (Wildman–Crippen LogP) is 3.15. The van der Waals surface area contributed by atoms with E-state index in [2.05, 4.69) is 37.7 Å². The Kier molecular flexibility index (Phi) is 6.46. The first-order chi connectivity index (χ1) is 13.2. The minimum absolute atomic E-state index is 0.238. The molecule has 138 valence electrons. The molecule has 6 heteroatoms. The van der Waals surface area contributed by atoms with Crippen LogP contribution in [0.2, 0.25) is 0 Å². The van der Waals surface area contributed by atoms with Crippen LogP contribution >= 0.6 is 0 Å². The van der Waals surface area contributed by atoms with Gasteiger partial charge in [0, 0.05) is 18.4 Å². The van der Waals surface area contributed by atoms with E-state index in [-0.39, 0.29) is 5.91 Å². The number of carbonyl (C=O) groups is 1. The number of hydrogen-bond donors (Lipinski definition) is 2. The van der Waals surface area contributed by atoms with E-state index < -0.39 is 0 Å². The minimum Gasteiger partial charge on any atom is -0.354 e. The van der Waals surface area contributed by atoms with Gasteiger partial charge in [0.15, 0.2) is 0 Å². The van der Waals surface area contributed by atoms with Crippen molar-refractivity contribution in [2.24, 2.45) is 0 Å². The molecule has 0 aliphatic rings. The van der Waals surface area contributed by atoms with Gasteiger partial charge in [-0.2, -0.15) is 0 Å². The largest absolute Gasteiger partial charge is 0.354 e. The monoisotopic (exact) mass is 361 g/mol. The van der Waals surface area contributed by atoms with Crippen molar-refractivity contribution in [3.63, 3.8) is 0 Å². The van der Waals surface area contributed by atoms with Crippen LogP contribution in [0.5, 0.6) is 0 Å². The molecule has 0 radical (unpaired) electrons. The van der Waals surface area contributed by atoms with Crippen LogP contribution in [0.3, 0.4) is 0 Å². The van der Waals surface area contributed by atoms with E-state index in [1.807, 2.05) is 43.3 Å². The fourth-order valence-electron chi connectivity index (χ4n) is 2.67. The molecule has 3 aromatic rings. The zero-order valence-corrected chi connectivity index (χ0v) is 15.4. The van der Waals surface area contributed by atoms with Gasteiger partial charge in [0.05, 0.1) is 12.2 Å². The van der Waals surface area contributed by atoms with E-state index in [4.69, 9.17) is 0 Å². The molecule has 27 heavy (non-hydrogen) atoms. The first-order valence-electron chi connectivity index (χ1n) is 9.02. The van der Waals surface area contributed by atoms with Gasteiger partial charge in [0.1, 0.15) is 5.69 Å². The topological polar surface area (TPSA) is 79.8 Å². The normalized spacial score (nSPS) is 10.4. The fraction of sp³-hybridized carbons (Fsp3) is 0.238. The van der Waals surface area contributed by atoms with E-state index >= 15 is 0 Å². The number of nitrogens with zero attached hydrogens (tertiary/aromatic N) is 3. The highest BCUT2D eigenvalue weighted by molar-refractivity contribution is 5.92. The summed E-state index contributed by atoms with van der Waals surface area (Å²) in [6.45, 7) is 2.96. The molecular formula is C21H23N5O. The standard InChI is InChI=1S/C21H23N5O/c1-16-14-19(20(27)24-15-18-11-5-6-12-22-18)26-21(25-16)23-13-7-10-17-8-3-2-4-9-17/h2-6,8-9,11-12,14H,7,10,13,15H2,1H3,(H,24,27)(H,23,25,26). The van der Waals surface area contributed by atoms with Crippen molar-refractivity contribution in [1.82, 2.24) is 20.3 Å².